The van der Waals surface area contributed by atoms with Crippen molar-refractivity contribution in [2.24, 2.45) is 5.92 Å². The Morgan fingerprint density at radius 3 is 2.67 bits per heavy atom. The quantitative estimate of drug-likeness (QED) is 0.787. The fraction of sp³-hybridized carbons (Fsp3) is 0.273. The molecule has 0 N–H and O–H groups in total. The molecule has 2 nitrogen and oxygen atoms in total. The Morgan fingerprint density at radius 2 is 2.13 bits per heavy atom. The maximum absolute atomic E-state index is 11.7. The van der Waals surface area contributed by atoms with Crippen molar-refractivity contribution >= 4 is 37.6 Å². The highest BCUT2D eigenvalue weighted by Gasteiger charge is 2.11. The molecule has 1 atom stereocenters. The fourth-order valence-corrected chi connectivity index (χ4v) is 1.74. The lowest BCUT2D eigenvalue weighted by Gasteiger charge is -2.03. The lowest BCUT2D eigenvalue weighted by molar-refractivity contribution is 0.0972. The van der Waals surface area contributed by atoms with E-state index >= 15 is 0 Å². The Kier molecular flexibility index (Phi) is 4.49. The van der Waals surface area contributed by atoms with Gasteiger partial charge in [-0.2, -0.15) is 5.26 Å². The monoisotopic (exact) mass is 329 g/mol. The maximum atomic E-state index is 11.7. The van der Waals surface area contributed by atoms with Crippen LogP contribution in [0.1, 0.15) is 23.7 Å². The number of Topliss-reactive ketones (excluding diaryl/α,β-unsaturated/α-hetero) is 1. The molecule has 0 radical (unpaired) electrons. The lowest BCUT2D eigenvalue weighted by atomic mass is 10.0. The molecule has 0 aliphatic carbocycles. The summed E-state index contributed by atoms with van der Waals surface area (Å²) >= 11 is 6.67. The van der Waals surface area contributed by atoms with E-state index in [0.29, 0.717) is 5.56 Å². The van der Waals surface area contributed by atoms with Gasteiger partial charge >= 0.3 is 0 Å². The lowest BCUT2D eigenvalue weighted by Crippen LogP contribution is -2.04. The zero-order chi connectivity index (χ0) is 11.4. The predicted octanol–water partition coefficient (Wildman–Crippen LogP) is 3.94. The van der Waals surface area contributed by atoms with Crippen molar-refractivity contribution in [2.75, 3.05) is 0 Å². The molecule has 0 heterocycles. The highest BCUT2D eigenvalue weighted by Crippen LogP contribution is 2.24. The van der Waals surface area contributed by atoms with Crippen LogP contribution in [-0.2, 0) is 0 Å². The molecule has 4 heteroatoms. The van der Waals surface area contributed by atoms with E-state index in [1.807, 2.05) is 12.1 Å². The van der Waals surface area contributed by atoms with Crippen molar-refractivity contribution in [3.8, 4) is 6.07 Å². The second-order valence-electron chi connectivity index (χ2n) is 3.29. The number of nitrogens with zero attached hydrogens (tertiary/aromatic N) is 1. The van der Waals surface area contributed by atoms with Crippen molar-refractivity contribution in [3.05, 3.63) is 32.7 Å². The Balaban J connectivity index is 2.84. The molecule has 1 unspecified atom stereocenters. The van der Waals surface area contributed by atoms with E-state index in [-0.39, 0.29) is 18.1 Å². The van der Waals surface area contributed by atoms with Gasteiger partial charge < -0.3 is 0 Å². The SMILES string of the molecule is CC(C#N)CC(=O)c1ccc(Br)c(Br)c1. The Labute approximate surface area is 106 Å². The second kappa shape index (κ2) is 5.43. The van der Waals surface area contributed by atoms with Gasteiger partial charge in [0.2, 0.25) is 0 Å². The number of carbonyl (C=O) groups excluding carboxylic acids is 1. The summed E-state index contributed by atoms with van der Waals surface area (Å²) in [6, 6.07) is 7.38. The smallest absolute Gasteiger partial charge is 0.164 e. The number of benzene rings is 1. The molecule has 0 amide bonds. The van der Waals surface area contributed by atoms with Crippen molar-refractivity contribution < 1.29 is 4.79 Å². The van der Waals surface area contributed by atoms with Gasteiger partial charge in [0, 0.05) is 20.9 Å². The van der Waals surface area contributed by atoms with Gasteiger partial charge in [0.25, 0.3) is 0 Å². The van der Waals surface area contributed by atoms with Crippen LogP contribution >= 0.6 is 31.9 Å². The van der Waals surface area contributed by atoms with Crippen molar-refractivity contribution in [1.82, 2.24) is 0 Å². The number of hydrogen-bond acceptors (Lipinski definition) is 2. The summed E-state index contributed by atoms with van der Waals surface area (Å²) in [7, 11) is 0. The normalized spacial score (nSPS) is 11.9. The molecule has 0 fully saturated rings. The Hall–Kier alpha value is -0.660. The molecule has 1 rings (SSSR count). The molecule has 1 aromatic rings. The molecule has 15 heavy (non-hydrogen) atoms. The molecule has 0 saturated heterocycles. The van der Waals surface area contributed by atoms with Gasteiger partial charge in [0.05, 0.1) is 12.0 Å². The van der Waals surface area contributed by atoms with Crippen LogP contribution in [0.25, 0.3) is 0 Å². The third-order valence-electron chi connectivity index (χ3n) is 1.95. The highest BCUT2D eigenvalue weighted by molar-refractivity contribution is 9.13. The van der Waals surface area contributed by atoms with Gasteiger partial charge in [-0.3, -0.25) is 4.79 Å². The Bertz CT molecular complexity index is 423. The van der Waals surface area contributed by atoms with Crippen LogP contribution in [-0.4, -0.2) is 5.78 Å². The summed E-state index contributed by atoms with van der Waals surface area (Å²) in [6.45, 7) is 1.74. The molecular weight excluding hydrogens is 322 g/mol. The number of carbonyl (C=O) groups is 1. The van der Waals surface area contributed by atoms with E-state index in [1.54, 1.807) is 19.1 Å². The molecule has 0 aliphatic heterocycles. The largest absolute Gasteiger partial charge is 0.294 e. The molecule has 0 saturated carbocycles. The third kappa shape index (κ3) is 3.44. The minimum Gasteiger partial charge on any atom is -0.294 e. The predicted molar refractivity (Wildman–Crippen MR) is 65.6 cm³/mol. The van der Waals surface area contributed by atoms with Gasteiger partial charge in [-0.15, -0.1) is 0 Å². The topological polar surface area (TPSA) is 40.9 Å². The number of nitriles is 1. The summed E-state index contributed by atoms with van der Waals surface area (Å²) in [5, 5.41) is 8.61. The van der Waals surface area contributed by atoms with Crippen molar-refractivity contribution in [2.45, 2.75) is 13.3 Å². The van der Waals surface area contributed by atoms with Crippen LogP contribution in [0, 0.1) is 17.2 Å². The number of hydrogen-bond donors (Lipinski definition) is 0. The first-order valence-electron chi connectivity index (χ1n) is 4.42. The van der Waals surface area contributed by atoms with Crippen LogP contribution < -0.4 is 0 Å². The summed E-state index contributed by atoms with van der Waals surface area (Å²) < 4.78 is 1.75. The Morgan fingerprint density at radius 1 is 1.47 bits per heavy atom. The van der Waals surface area contributed by atoms with Crippen molar-refractivity contribution in [3.63, 3.8) is 0 Å². The molecule has 1 aromatic carbocycles. The minimum atomic E-state index is -0.236. The number of ketones is 1. The maximum Gasteiger partial charge on any atom is 0.164 e. The first-order chi connectivity index (χ1) is 7.04. The van der Waals surface area contributed by atoms with E-state index < -0.39 is 0 Å². The summed E-state index contributed by atoms with van der Waals surface area (Å²) in [5.41, 5.74) is 0.632. The second-order valence-corrected chi connectivity index (χ2v) is 5.00. The van der Waals surface area contributed by atoms with E-state index in [1.165, 1.54) is 0 Å². The highest BCUT2D eigenvalue weighted by atomic mass is 79.9. The zero-order valence-corrected chi connectivity index (χ0v) is 11.3. The minimum absolute atomic E-state index is 0.00255. The first kappa shape index (κ1) is 12.4. The summed E-state index contributed by atoms with van der Waals surface area (Å²) in [4.78, 5) is 11.7. The number of halogens is 2. The third-order valence-corrected chi connectivity index (χ3v) is 3.83. The molecule has 0 spiro atoms. The molecule has 78 valence electrons. The standard InChI is InChI=1S/C11H9Br2NO/c1-7(6-14)4-11(15)8-2-3-9(12)10(13)5-8/h2-3,5,7H,4H2,1H3. The van der Waals surface area contributed by atoms with Crippen LogP contribution in [0.2, 0.25) is 0 Å². The van der Waals surface area contributed by atoms with Crippen LogP contribution in [0.5, 0.6) is 0 Å². The zero-order valence-electron chi connectivity index (χ0n) is 8.13. The van der Waals surface area contributed by atoms with Crippen LogP contribution in [0.4, 0.5) is 0 Å². The van der Waals surface area contributed by atoms with E-state index in [9.17, 15) is 4.79 Å². The van der Waals surface area contributed by atoms with Gasteiger partial charge in [-0.1, -0.05) is 6.07 Å². The summed E-state index contributed by atoms with van der Waals surface area (Å²) in [6.07, 6.45) is 0.268. The summed E-state index contributed by atoms with van der Waals surface area (Å²) in [5.74, 6) is -0.239. The van der Waals surface area contributed by atoms with Crippen LogP contribution in [0.3, 0.4) is 0 Å². The van der Waals surface area contributed by atoms with Gasteiger partial charge in [0.1, 0.15) is 0 Å². The van der Waals surface area contributed by atoms with Crippen LogP contribution in [0.15, 0.2) is 27.1 Å². The van der Waals surface area contributed by atoms with E-state index in [0.717, 1.165) is 8.95 Å². The fourth-order valence-electron chi connectivity index (χ4n) is 1.11. The van der Waals surface area contributed by atoms with E-state index in [4.69, 9.17) is 5.26 Å². The average molecular weight is 331 g/mol. The molecule has 0 bridgehead atoms. The number of rotatable bonds is 3. The van der Waals surface area contributed by atoms with Gasteiger partial charge in [0.15, 0.2) is 5.78 Å². The van der Waals surface area contributed by atoms with Gasteiger partial charge in [-0.25, -0.2) is 0 Å². The molecular formula is C11H9Br2NO. The first-order valence-corrected chi connectivity index (χ1v) is 6.01. The van der Waals surface area contributed by atoms with Crippen molar-refractivity contribution in [1.29, 1.82) is 5.26 Å². The van der Waals surface area contributed by atoms with Gasteiger partial charge in [-0.05, 0) is 50.9 Å². The average Bonchev–Trinajstić information content (AvgIpc) is 2.21. The molecule has 0 aromatic heterocycles. The molecule has 0 aliphatic rings. The van der Waals surface area contributed by atoms with E-state index in [2.05, 4.69) is 31.9 Å².